The van der Waals surface area contributed by atoms with Gasteiger partial charge in [0.2, 0.25) is 5.91 Å². The van der Waals surface area contributed by atoms with Crippen molar-refractivity contribution in [2.45, 2.75) is 33.6 Å². The van der Waals surface area contributed by atoms with Gasteiger partial charge in [-0.05, 0) is 30.2 Å². The molecule has 0 bridgehead atoms. The highest BCUT2D eigenvalue weighted by Crippen LogP contribution is 2.14. The molecular formula is C14H22N2O. The minimum absolute atomic E-state index is 0.0466. The average molecular weight is 234 g/mol. The summed E-state index contributed by atoms with van der Waals surface area (Å²) in [5, 5.41) is 6.21. The maximum Gasteiger partial charge on any atom is 0.224 e. The molecule has 1 unspecified atom stereocenters. The molecule has 3 nitrogen and oxygen atoms in total. The second kappa shape index (κ2) is 6.94. The molecule has 0 aromatic heterocycles. The van der Waals surface area contributed by atoms with Crippen molar-refractivity contribution in [1.29, 1.82) is 0 Å². The average Bonchev–Trinajstić information content (AvgIpc) is 2.37. The zero-order valence-electron chi connectivity index (χ0n) is 10.9. The van der Waals surface area contributed by atoms with Gasteiger partial charge in [-0.15, -0.1) is 0 Å². The van der Waals surface area contributed by atoms with Crippen molar-refractivity contribution < 1.29 is 4.79 Å². The summed E-state index contributed by atoms with van der Waals surface area (Å²) in [6, 6.07) is 7.83. The van der Waals surface area contributed by atoms with E-state index in [-0.39, 0.29) is 5.91 Å². The van der Waals surface area contributed by atoms with Crippen LogP contribution in [0.15, 0.2) is 24.3 Å². The zero-order chi connectivity index (χ0) is 12.7. The van der Waals surface area contributed by atoms with Crippen molar-refractivity contribution in [3.8, 4) is 0 Å². The Balaban J connectivity index is 2.47. The van der Waals surface area contributed by atoms with Crippen LogP contribution in [0.3, 0.4) is 0 Å². The molecule has 0 heterocycles. The molecule has 0 fully saturated rings. The van der Waals surface area contributed by atoms with Gasteiger partial charge in [-0.2, -0.15) is 0 Å². The minimum Gasteiger partial charge on any atom is -0.385 e. The lowest BCUT2D eigenvalue weighted by atomic mass is 10.1. The van der Waals surface area contributed by atoms with Crippen LogP contribution in [-0.4, -0.2) is 12.5 Å². The smallest absolute Gasteiger partial charge is 0.224 e. The highest BCUT2D eigenvalue weighted by atomic mass is 16.1. The van der Waals surface area contributed by atoms with Gasteiger partial charge in [0, 0.05) is 24.3 Å². The fourth-order valence-electron chi connectivity index (χ4n) is 1.36. The monoisotopic (exact) mass is 234 g/mol. The van der Waals surface area contributed by atoms with E-state index in [2.05, 4.69) is 24.5 Å². The van der Waals surface area contributed by atoms with Crippen LogP contribution in [0.1, 0.15) is 33.6 Å². The van der Waals surface area contributed by atoms with Gasteiger partial charge in [-0.1, -0.05) is 27.2 Å². The van der Waals surface area contributed by atoms with Gasteiger partial charge in [0.05, 0.1) is 0 Å². The second-order valence-electron chi connectivity index (χ2n) is 4.37. The summed E-state index contributed by atoms with van der Waals surface area (Å²) in [5.74, 6) is 0.722. The van der Waals surface area contributed by atoms with Gasteiger partial charge in [-0.3, -0.25) is 4.79 Å². The number of carbonyl (C=O) groups is 1. The topological polar surface area (TPSA) is 41.1 Å². The van der Waals surface area contributed by atoms with E-state index in [9.17, 15) is 4.79 Å². The standard InChI is InChI=1S/C14H22N2O/c1-4-11(3)10-15-12-6-8-13(9-7-12)16-14(17)5-2/h6-9,11,15H,4-5,10H2,1-3H3,(H,16,17). The lowest BCUT2D eigenvalue weighted by molar-refractivity contribution is -0.115. The molecule has 0 saturated heterocycles. The summed E-state index contributed by atoms with van der Waals surface area (Å²) in [5.41, 5.74) is 1.95. The molecule has 1 aromatic carbocycles. The summed E-state index contributed by atoms with van der Waals surface area (Å²) < 4.78 is 0. The van der Waals surface area contributed by atoms with Crippen LogP contribution in [0.2, 0.25) is 0 Å². The molecule has 17 heavy (non-hydrogen) atoms. The van der Waals surface area contributed by atoms with Crippen LogP contribution >= 0.6 is 0 Å². The lowest BCUT2D eigenvalue weighted by Gasteiger charge is -2.12. The fraction of sp³-hybridized carbons (Fsp3) is 0.500. The summed E-state index contributed by atoms with van der Waals surface area (Å²) in [4.78, 5) is 11.2. The van der Waals surface area contributed by atoms with Gasteiger partial charge in [0.1, 0.15) is 0 Å². The van der Waals surface area contributed by atoms with Crippen molar-refractivity contribution in [2.75, 3.05) is 17.2 Å². The molecule has 1 aromatic rings. The van der Waals surface area contributed by atoms with E-state index in [1.807, 2.05) is 31.2 Å². The predicted molar refractivity (Wildman–Crippen MR) is 73.3 cm³/mol. The van der Waals surface area contributed by atoms with Crippen LogP contribution < -0.4 is 10.6 Å². The maximum absolute atomic E-state index is 11.2. The third-order valence-corrected chi connectivity index (χ3v) is 2.84. The summed E-state index contributed by atoms with van der Waals surface area (Å²) >= 11 is 0. The Kier molecular flexibility index (Phi) is 5.53. The Morgan fingerprint density at radius 1 is 1.18 bits per heavy atom. The Hall–Kier alpha value is -1.51. The van der Waals surface area contributed by atoms with Crippen molar-refractivity contribution in [2.24, 2.45) is 5.92 Å². The van der Waals surface area contributed by atoms with Crippen molar-refractivity contribution in [3.05, 3.63) is 24.3 Å². The van der Waals surface area contributed by atoms with E-state index in [1.54, 1.807) is 0 Å². The maximum atomic E-state index is 11.2. The van der Waals surface area contributed by atoms with Gasteiger partial charge in [-0.25, -0.2) is 0 Å². The molecule has 1 atom stereocenters. The quantitative estimate of drug-likeness (QED) is 0.791. The van der Waals surface area contributed by atoms with Crippen LogP contribution in [0, 0.1) is 5.92 Å². The number of amides is 1. The fourth-order valence-corrected chi connectivity index (χ4v) is 1.36. The van der Waals surface area contributed by atoms with E-state index in [0.29, 0.717) is 12.3 Å². The molecule has 0 aliphatic heterocycles. The number of benzene rings is 1. The molecule has 0 aliphatic carbocycles. The van der Waals surface area contributed by atoms with E-state index < -0.39 is 0 Å². The molecule has 2 N–H and O–H groups in total. The molecule has 94 valence electrons. The Morgan fingerprint density at radius 3 is 2.29 bits per heavy atom. The first-order valence-corrected chi connectivity index (χ1v) is 6.29. The number of hydrogen-bond donors (Lipinski definition) is 2. The molecule has 0 saturated carbocycles. The van der Waals surface area contributed by atoms with Gasteiger partial charge in [0.25, 0.3) is 0 Å². The highest BCUT2D eigenvalue weighted by molar-refractivity contribution is 5.90. The normalized spacial score (nSPS) is 11.9. The number of anilines is 2. The summed E-state index contributed by atoms with van der Waals surface area (Å²) in [6.45, 7) is 7.24. The molecule has 1 rings (SSSR count). The molecule has 0 aliphatic rings. The predicted octanol–water partition coefficient (Wildman–Crippen LogP) is 3.49. The molecule has 0 radical (unpaired) electrons. The first kappa shape index (κ1) is 13.6. The summed E-state index contributed by atoms with van der Waals surface area (Å²) in [6.07, 6.45) is 1.69. The molecular weight excluding hydrogens is 212 g/mol. The van der Waals surface area contributed by atoms with Crippen LogP contribution in [-0.2, 0) is 4.79 Å². The Labute approximate surface area is 104 Å². The second-order valence-corrected chi connectivity index (χ2v) is 4.37. The minimum atomic E-state index is 0.0466. The number of hydrogen-bond acceptors (Lipinski definition) is 2. The zero-order valence-corrected chi connectivity index (χ0v) is 10.9. The van der Waals surface area contributed by atoms with Crippen LogP contribution in [0.4, 0.5) is 11.4 Å². The summed E-state index contributed by atoms with van der Waals surface area (Å²) in [7, 11) is 0. The largest absolute Gasteiger partial charge is 0.385 e. The third kappa shape index (κ3) is 4.89. The SMILES string of the molecule is CCC(=O)Nc1ccc(NCC(C)CC)cc1. The van der Waals surface area contributed by atoms with Gasteiger partial charge in [0.15, 0.2) is 0 Å². The van der Waals surface area contributed by atoms with E-state index >= 15 is 0 Å². The van der Waals surface area contributed by atoms with E-state index in [0.717, 1.165) is 17.9 Å². The number of carbonyl (C=O) groups excluding carboxylic acids is 1. The van der Waals surface area contributed by atoms with Crippen molar-refractivity contribution >= 4 is 17.3 Å². The molecule has 3 heteroatoms. The number of nitrogens with one attached hydrogen (secondary N) is 2. The van der Waals surface area contributed by atoms with Crippen LogP contribution in [0.25, 0.3) is 0 Å². The number of rotatable bonds is 6. The van der Waals surface area contributed by atoms with Crippen molar-refractivity contribution in [1.82, 2.24) is 0 Å². The first-order chi connectivity index (χ1) is 8.15. The van der Waals surface area contributed by atoms with Crippen LogP contribution in [0.5, 0.6) is 0 Å². The van der Waals surface area contributed by atoms with Gasteiger partial charge < -0.3 is 10.6 Å². The van der Waals surface area contributed by atoms with E-state index in [1.165, 1.54) is 6.42 Å². The Morgan fingerprint density at radius 2 is 1.76 bits per heavy atom. The van der Waals surface area contributed by atoms with E-state index in [4.69, 9.17) is 0 Å². The molecule has 1 amide bonds. The molecule has 0 spiro atoms. The highest BCUT2D eigenvalue weighted by Gasteiger charge is 2.00. The van der Waals surface area contributed by atoms with Gasteiger partial charge >= 0.3 is 0 Å². The van der Waals surface area contributed by atoms with Crippen molar-refractivity contribution in [3.63, 3.8) is 0 Å². The third-order valence-electron chi connectivity index (χ3n) is 2.84. The lowest BCUT2D eigenvalue weighted by Crippen LogP contribution is -2.11. The first-order valence-electron chi connectivity index (χ1n) is 6.29. The Bertz CT molecular complexity index is 346.